The van der Waals surface area contributed by atoms with Crippen LogP contribution in [0.3, 0.4) is 0 Å². The molecule has 14 heavy (non-hydrogen) atoms. The number of nitrogens with zero attached hydrogens (tertiary/aromatic N) is 1. The molecule has 2 N–H and O–H groups in total. The van der Waals surface area contributed by atoms with Crippen molar-refractivity contribution in [3.05, 3.63) is 29.8 Å². The van der Waals surface area contributed by atoms with Gasteiger partial charge < -0.3 is 5.73 Å². The van der Waals surface area contributed by atoms with Crippen LogP contribution in [0.2, 0.25) is 0 Å². The molecule has 0 spiro atoms. The highest BCUT2D eigenvalue weighted by Gasteiger charge is 2.04. The van der Waals surface area contributed by atoms with Gasteiger partial charge in [-0.3, -0.25) is 4.79 Å². The van der Waals surface area contributed by atoms with Gasteiger partial charge in [0.2, 0.25) is 0 Å². The van der Waals surface area contributed by atoms with Crippen molar-refractivity contribution in [2.45, 2.75) is 6.92 Å². The first kappa shape index (κ1) is 10.7. The Bertz CT molecular complexity index is 374. The third-order valence-electron chi connectivity index (χ3n) is 1.68. The minimum atomic E-state index is -0.0354. The second-order valence-corrected chi connectivity index (χ2v) is 3.08. The van der Waals surface area contributed by atoms with Crippen molar-refractivity contribution >= 4 is 28.9 Å². The van der Waals surface area contributed by atoms with Gasteiger partial charge >= 0.3 is 0 Å². The molecule has 0 aliphatic rings. The molecule has 0 radical (unpaired) electrons. The van der Waals surface area contributed by atoms with E-state index in [9.17, 15) is 4.79 Å². The number of ketones is 1. The molecule has 4 heteroatoms. The van der Waals surface area contributed by atoms with E-state index >= 15 is 0 Å². The Morgan fingerprint density at radius 3 is 2.71 bits per heavy atom. The standard InChI is InChI=1S/C10H11ClN2O/c1-7(14)8-4-2-3-5-9(8)13-10(12)6-11/h2-5H,6H2,1H3,(H2,12,13). The molecule has 0 aliphatic carbocycles. The average Bonchev–Trinajstić information content (AvgIpc) is 2.18. The quantitative estimate of drug-likeness (QED) is 0.360. The summed E-state index contributed by atoms with van der Waals surface area (Å²) in [4.78, 5) is 15.2. The molecule has 1 aromatic rings. The van der Waals surface area contributed by atoms with Crippen molar-refractivity contribution in [1.82, 2.24) is 0 Å². The topological polar surface area (TPSA) is 55.5 Å². The first-order chi connectivity index (χ1) is 6.65. The molecule has 0 saturated carbocycles. The van der Waals surface area contributed by atoms with Crippen LogP contribution in [0.4, 0.5) is 5.69 Å². The lowest BCUT2D eigenvalue weighted by molar-refractivity contribution is 0.101. The van der Waals surface area contributed by atoms with Gasteiger partial charge in [-0.2, -0.15) is 0 Å². The fourth-order valence-corrected chi connectivity index (χ4v) is 1.11. The lowest BCUT2D eigenvalue weighted by atomic mass is 10.1. The first-order valence-corrected chi connectivity index (χ1v) is 4.67. The minimum absolute atomic E-state index is 0.0354. The summed E-state index contributed by atoms with van der Waals surface area (Å²) >= 11 is 5.49. The summed E-state index contributed by atoms with van der Waals surface area (Å²) in [6.45, 7) is 1.49. The molecule has 1 rings (SSSR count). The Labute approximate surface area is 87.6 Å². The lowest BCUT2D eigenvalue weighted by Gasteiger charge is -2.01. The second kappa shape index (κ2) is 4.77. The Morgan fingerprint density at radius 1 is 1.50 bits per heavy atom. The largest absolute Gasteiger partial charge is 0.386 e. The number of carbonyl (C=O) groups excluding carboxylic acids is 1. The predicted octanol–water partition coefficient (Wildman–Crippen LogP) is 2.12. The highest BCUT2D eigenvalue weighted by atomic mass is 35.5. The van der Waals surface area contributed by atoms with E-state index in [-0.39, 0.29) is 11.7 Å². The monoisotopic (exact) mass is 210 g/mol. The van der Waals surface area contributed by atoms with E-state index < -0.39 is 0 Å². The van der Waals surface area contributed by atoms with Gasteiger partial charge in [-0.25, -0.2) is 4.99 Å². The van der Waals surface area contributed by atoms with Crippen molar-refractivity contribution < 1.29 is 4.79 Å². The number of carbonyl (C=O) groups is 1. The molecule has 0 amide bonds. The molecule has 0 aliphatic heterocycles. The maximum absolute atomic E-state index is 11.2. The van der Waals surface area contributed by atoms with Gasteiger partial charge in [0.15, 0.2) is 5.78 Å². The summed E-state index contributed by atoms with van der Waals surface area (Å²) in [5, 5.41) is 0. The molecule has 1 aromatic carbocycles. The number of benzene rings is 1. The van der Waals surface area contributed by atoms with Crippen LogP contribution in [-0.4, -0.2) is 17.5 Å². The van der Waals surface area contributed by atoms with Gasteiger partial charge in [0, 0.05) is 5.56 Å². The van der Waals surface area contributed by atoms with Crippen molar-refractivity contribution in [2.75, 3.05) is 5.88 Å². The Balaban J connectivity index is 3.14. The SMILES string of the molecule is CC(=O)c1ccccc1N=C(N)CCl. The fourth-order valence-electron chi connectivity index (χ4n) is 1.05. The third kappa shape index (κ3) is 2.57. The number of hydrogen-bond acceptors (Lipinski definition) is 2. The van der Waals surface area contributed by atoms with Crippen LogP contribution in [0.25, 0.3) is 0 Å². The van der Waals surface area contributed by atoms with E-state index in [1.54, 1.807) is 24.3 Å². The molecular formula is C10H11ClN2O. The van der Waals surface area contributed by atoms with Gasteiger partial charge in [-0.1, -0.05) is 12.1 Å². The Hall–Kier alpha value is -1.35. The van der Waals surface area contributed by atoms with E-state index in [0.29, 0.717) is 17.1 Å². The van der Waals surface area contributed by atoms with E-state index in [2.05, 4.69) is 4.99 Å². The van der Waals surface area contributed by atoms with Crippen LogP contribution in [0.5, 0.6) is 0 Å². The van der Waals surface area contributed by atoms with Gasteiger partial charge in [0.05, 0.1) is 11.6 Å². The molecule has 74 valence electrons. The van der Waals surface area contributed by atoms with Crippen molar-refractivity contribution in [1.29, 1.82) is 0 Å². The van der Waals surface area contributed by atoms with Crippen molar-refractivity contribution in [3.8, 4) is 0 Å². The van der Waals surface area contributed by atoms with Crippen molar-refractivity contribution in [3.63, 3.8) is 0 Å². The average molecular weight is 211 g/mol. The Morgan fingerprint density at radius 2 is 2.14 bits per heavy atom. The molecule has 0 bridgehead atoms. The fraction of sp³-hybridized carbons (Fsp3) is 0.200. The van der Waals surface area contributed by atoms with Crippen LogP contribution in [0.15, 0.2) is 29.3 Å². The lowest BCUT2D eigenvalue weighted by Crippen LogP contribution is -2.12. The number of rotatable bonds is 3. The number of para-hydroxylation sites is 1. The van der Waals surface area contributed by atoms with E-state index in [4.69, 9.17) is 17.3 Å². The van der Waals surface area contributed by atoms with Gasteiger partial charge in [-0.15, -0.1) is 11.6 Å². The van der Waals surface area contributed by atoms with Crippen LogP contribution >= 0.6 is 11.6 Å². The van der Waals surface area contributed by atoms with Crippen LogP contribution in [0.1, 0.15) is 17.3 Å². The van der Waals surface area contributed by atoms with Crippen LogP contribution in [0, 0.1) is 0 Å². The number of amidine groups is 1. The molecule has 0 atom stereocenters. The second-order valence-electron chi connectivity index (χ2n) is 2.81. The number of alkyl halides is 1. The first-order valence-electron chi connectivity index (χ1n) is 4.14. The van der Waals surface area contributed by atoms with Gasteiger partial charge in [-0.05, 0) is 19.1 Å². The zero-order valence-electron chi connectivity index (χ0n) is 7.83. The summed E-state index contributed by atoms with van der Waals surface area (Å²) in [5.74, 6) is 0.429. The number of aliphatic imine (C=N–C) groups is 1. The molecular weight excluding hydrogens is 200 g/mol. The molecule has 0 aromatic heterocycles. The zero-order chi connectivity index (χ0) is 10.6. The zero-order valence-corrected chi connectivity index (χ0v) is 8.58. The summed E-state index contributed by atoms with van der Waals surface area (Å²) in [6.07, 6.45) is 0. The summed E-state index contributed by atoms with van der Waals surface area (Å²) < 4.78 is 0. The molecule has 0 saturated heterocycles. The smallest absolute Gasteiger partial charge is 0.161 e. The molecule has 0 heterocycles. The van der Waals surface area contributed by atoms with E-state index in [1.165, 1.54) is 6.92 Å². The maximum Gasteiger partial charge on any atom is 0.161 e. The summed E-state index contributed by atoms with van der Waals surface area (Å²) in [7, 11) is 0. The highest BCUT2D eigenvalue weighted by molar-refractivity contribution is 6.28. The summed E-state index contributed by atoms with van der Waals surface area (Å²) in [5.41, 5.74) is 6.60. The number of hydrogen-bond donors (Lipinski definition) is 1. The number of nitrogens with two attached hydrogens (primary N) is 1. The van der Waals surface area contributed by atoms with E-state index in [0.717, 1.165) is 0 Å². The number of halogens is 1. The molecule has 0 unspecified atom stereocenters. The molecule has 0 fully saturated rings. The maximum atomic E-state index is 11.2. The third-order valence-corrected chi connectivity index (χ3v) is 1.96. The van der Waals surface area contributed by atoms with Crippen LogP contribution < -0.4 is 5.73 Å². The summed E-state index contributed by atoms with van der Waals surface area (Å²) in [6, 6.07) is 7.03. The van der Waals surface area contributed by atoms with E-state index in [1.807, 2.05) is 0 Å². The minimum Gasteiger partial charge on any atom is -0.386 e. The normalized spacial score (nSPS) is 11.4. The van der Waals surface area contributed by atoms with Gasteiger partial charge in [0.1, 0.15) is 5.84 Å². The highest BCUT2D eigenvalue weighted by Crippen LogP contribution is 2.18. The van der Waals surface area contributed by atoms with Crippen molar-refractivity contribution in [2.24, 2.45) is 10.7 Å². The molecule has 3 nitrogen and oxygen atoms in total. The predicted molar refractivity (Wildman–Crippen MR) is 58.4 cm³/mol. The Kier molecular flexibility index (Phi) is 3.65. The number of Topliss-reactive ketones (excluding diaryl/α,β-unsaturated/α-hetero) is 1. The van der Waals surface area contributed by atoms with Gasteiger partial charge in [0.25, 0.3) is 0 Å². The van der Waals surface area contributed by atoms with Crippen LogP contribution in [-0.2, 0) is 0 Å².